The largest absolute Gasteiger partial charge is 0.273 e. The molecule has 0 bridgehead atoms. The third-order valence-corrected chi connectivity index (χ3v) is 3.59. The Morgan fingerprint density at radius 1 is 1.41 bits per heavy atom. The van der Waals surface area contributed by atoms with Crippen LogP contribution in [0.1, 0.15) is 25.8 Å². The predicted molar refractivity (Wildman–Crippen MR) is 71.6 cm³/mol. The van der Waals surface area contributed by atoms with E-state index in [9.17, 15) is 4.79 Å². The molecule has 1 aromatic carbocycles. The molecule has 4 heteroatoms. The van der Waals surface area contributed by atoms with Gasteiger partial charge in [0.25, 0.3) is 0 Å². The summed E-state index contributed by atoms with van der Waals surface area (Å²) in [7, 11) is 0. The molecule has 0 unspecified atom stereocenters. The number of halogens is 1. The molecule has 2 rings (SSSR count). The Kier molecular flexibility index (Phi) is 3.62. The van der Waals surface area contributed by atoms with Crippen LogP contribution in [-0.4, -0.2) is 16.6 Å². The summed E-state index contributed by atoms with van der Waals surface area (Å²) < 4.78 is 1.01. The number of benzene rings is 1. The zero-order valence-corrected chi connectivity index (χ0v) is 11.6. The highest BCUT2D eigenvalue weighted by molar-refractivity contribution is 9.10. The van der Waals surface area contributed by atoms with Gasteiger partial charge in [0, 0.05) is 4.47 Å². The van der Waals surface area contributed by atoms with Gasteiger partial charge in [-0.25, -0.2) is 5.01 Å². The molecule has 0 atom stereocenters. The maximum Gasteiger partial charge on any atom is 0.248 e. The Morgan fingerprint density at radius 2 is 2.12 bits per heavy atom. The van der Waals surface area contributed by atoms with Crippen molar-refractivity contribution in [2.45, 2.75) is 26.8 Å². The number of rotatable bonds is 3. The van der Waals surface area contributed by atoms with Gasteiger partial charge in [-0.05, 0) is 17.5 Å². The number of carbonyl (C=O) groups is 1. The second kappa shape index (κ2) is 5.00. The zero-order valence-electron chi connectivity index (χ0n) is 9.98. The normalized spacial score (nSPS) is 15.6. The average Bonchev–Trinajstić information content (AvgIpc) is 2.64. The summed E-state index contributed by atoms with van der Waals surface area (Å²) in [5, 5.41) is 5.95. The lowest BCUT2D eigenvalue weighted by atomic mass is 10.1. The minimum absolute atomic E-state index is 0.0875. The Morgan fingerprint density at radius 3 is 2.71 bits per heavy atom. The molecule has 1 aliphatic rings. The fraction of sp³-hybridized carbons (Fsp3) is 0.385. The van der Waals surface area contributed by atoms with Gasteiger partial charge in [0.05, 0.1) is 18.7 Å². The van der Waals surface area contributed by atoms with Crippen molar-refractivity contribution in [3.8, 4) is 0 Å². The van der Waals surface area contributed by atoms with Crippen molar-refractivity contribution in [3.05, 3.63) is 34.3 Å². The fourth-order valence-electron chi connectivity index (χ4n) is 1.72. The topological polar surface area (TPSA) is 32.7 Å². The first-order chi connectivity index (χ1) is 8.08. The van der Waals surface area contributed by atoms with Crippen molar-refractivity contribution in [3.63, 3.8) is 0 Å². The summed E-state index contributed by atoms with van der Waals surface area (Å²) in [6.45, 7) is 4.67. The van der Waals surface area contributed by atoms with Gasteiger partial charge in [0.2, 0.25) is 5.91 Å². The highest BCUT2D eigenvalue weighted by atomic mass is 79.9. The first-order valence-electron chi connectivity index (χ1n) is 5.69. The predicted octanol–water partition coefficient (Wildman–Crippen LogP) is 3.19. The monoisotopic (exact) mass is 294 g/mol. The molecule has 3 nitrogen and oxygen atoms in total. The Hall–Kier alpha value is -1.16. The molecule has 0 N–H and O–H groups in total. The van der Waals surface area contributed by atoms with E-state index in [1.54, 1.807) is 5.01 Å². The van der Waals surface area contributed by atoms with E-state index >= 15 is 0 Å². The van der Waals surface area contributed by atoms with E-state index in [2.05, 4.69) is 34.9 Å². The molecule has 0 fully saturated rings. The van der Waals surface area contributed by atoms with Crippen molar-refractivity contribution in [1.29, 1.82) is 0 Å². The van der Waals surface area contributed by atoms with Gasteiger partial charge in [-0.2, -0.15) is 5.10 Å². The number of carbonyl (C=O) groups excluding carboxylic acids is 1. The van der Waals surface area contributed by atoms with E-state index in [0.717, 1.165) is 15.7 Å². The van der Waals surface area contributed by atoms with Crippen LogP contribution in [0.2, 0.25) is 0 Å². The molecule has 0 saturated carbocycles. The maximum atomic E-state index is 11.8. The molecule has 1 heterocycles. The standard InChI is InChI=1S/C13H15BrN2O/c1-9(2)12-7-13(17)16(15-12)8-10-5-3-4-6-11(10)14/h3-6,9H,7-8H2,1-2H3. The summed E-state index contributed by atoms with van der Waals surface area (Å²) >= 11 is 3.48. The van der Waals surface area contributed by atoms with Crippen molar-refractivity contribution in [2.75, 3.05) is 0 Å². The summed E-state index contributed by atoms with van der Waals surface area (Å²) in [4.78, 5) is 11.8. The summed E-state index contributed by atoms with van der Waals surface area (Å²) in [6.07, 6.45) is 0.460. The fourth-order valence-corrected chi connectivity index (χ4v) is 2.13. The third kappa shape index (κ3) is 2.75. The Balaban J connectivity index is 2.15. The number of hydrazone groups is 1. The van der Waals surface area contributed by atoms with Crippen LogP contribution in [-0.2, 0) is 11.3 Å². The molecule has 90 valence electrons. The van der Waals surface area contributed by atoms with Crippen LogP contribution >= 0.6 is 15.9 Å². The van der Waals surface area contributed by atoms with E-state index in [-0.39, 0.29) is 5.91 Å². The molecule has 0 aliphatic carbocycles. The van der Waals surface area contributed by atoms with E-state index in [4.69, 9.17) is 0 Å². The molecule has 0 spiro atoms. The van der Waals surface area contributed by atoms with Gasteiger partial charge in [-0.15, -0.1) is 0 Å². The first kappa shape index (κ1) is 12.3. The van der Waals surface area contributed by atoms with E-state index in [0.29, 0.717) is 18.9 Å². The van der Waals surface area contributed by atoms with Gasteiger partial charge in [-0.1, -0.05) is 48.0 Å². The van der Waals surface area contributed by atoms with Crippen LogP contribution < -0.4 is 0 Å². The molecule has 1 aliphatic heterocycles. The lowest BCUT2D eigenvalue weighted by molar-refractivity contribution is -0.129. The van der Waals surface area contributed by atoms with Crippen LogP contribution in [0.3, 0.4) is 0 Å². The Labute approximate surface area is 110 Å². The van der Waals surface area contributed by atoms with Crippen LogP contribution in [0, 0.1) is 5.92 Å². The number of hydrogen-bond acceptors (Lipinski definition) is 2. The summed E-state index contributed by atoms with van der Waals surface area (Å²) in [5.74, 6) is 0.424. The van der Waals surface area contributed by atoms with Crippen molar-refractivity contribution >= 4 is 27.5 Å². The highest BCUT2D eigenvalue weighted by Crippen LogP contribution is 2.21. The molecule has 0 radical (unpaired) electrons. The van der Waals surface area contributed by atoms with Crippen LogP contribution in [0.4, 0.5) is 0 Å². The lowest BCUT2D eigenvalue weighted by Crippen LogP contribution is -2.20. The summed E-state index contributed by atoms with van der Waals surface area (Å²) in [6, 6.07) is 7.90. The molecule has 1 aromatic rings. The Bertz CT molecular complexity index is 468. The zero-order chi connectivity index (χ0) is 12.4. The number of hydrogen-bond donors (Lipinski definition) is 0. The van der Waals surface area contributed by atoms with Gasteiger partial charge in [0.1, 0.15) is 0 Å². The lowest BCUT2D eigenvalue weighted by Gasteiger charge is -2.12. The number of amides is 1. The first-order valence-corrected chi connectivity index (χ1v) is 6.48. The molecular formula is C13H15BrN2O. The van der Waals surface area contributed by atoms with E-state index in [1.165, 1.54) is 0 Å². The van der Waals surface area contributed by atoms with Crippen molar-refractivity contribution < 1.29 is 4.79 Å². The second-order valence-corrected chi connectivity index (χ2v) is 5.32. The summed E-state index contributed by atoms with van der Waals surface area (Å²) in [5.41, 5.74) is 2.05. The smallest absolute Gasteiger partial charge is 0.248 e. The van der Waals surface area contributed by atoms with Gasteiger partial charge in [-0.3, -0.25) is 4.79 Å². The average molecular weight is 295 g/mol. The van der Waals surface area contributed by atoms with Gasteiger partial charge in [0.15, 0.2) is 0 Å². The van der Waals surface area contributed by atoms with Crippen molar-refractivity contribution in [1.82, 2.24) is 5.01 Å². The minimum atomic E-state index is 0.0875. The quantitative estimate of drug-likeness (QED) is 0.843. The van der Waals surface area contributed by atoms with Gasteiger partial charge < -0.3 is 0 Å². The van der Waals surface area contributed by atoms with Crippen LogP contribution in [0.15, 0.2) is 33.8 Å². The van der Waals surface area contributed by atoms with Crippen LogP contribution in [0.5, 0.6) is 0 Å². The van der Waals surface area contributed by atoms with Gasteiger partial charge >= 0.3 is 0 Å². The van der Waals surface area contributed by atoms with Crippen molar-refractivity contribution in [2.24, 2.45) is 11.0 Å². The molecule has 0 aromatic heterocycles. The second-order valence-electron chi connectivity index (χ2n) is 4.47. The maximum absolute atomic E-state index is 11.8. The third-order valence-electron chi connectivity index (χ3n) is 2.81. The van der Waals surface area contributed by atoms with E-state index < -0.39 is 0 Å². The minimum Gasteiger partial charge on any atom is -0.273 e. The SMILES string of the molecule is CC(C)C1=NN(Cc2ccccc2Br)C(=O)C1. The highest BCUT2D eigenvalue weighted by Gasteiger charge is 2.25. The molecule has 1 amide bonds. The number of nitrogens with zero attached hydrogens (tertiary/aromatic N) is 2. The van der Waals surface area contributed by atoms with E-state index in [1.807, 2.05) is 24.3 Å². The molecular weight excluding hydrogens is 280 g/mol. The van der Waals surface area contributed by atoms with Crippen LogP contribution in [0.25, 0.3) is 0 Å². The molecule has 17 heavy (non-hydrogen) atoms. The molecule has 0 saturated heterocycles.